The van der Waals surface area contributed by atoms with E-state index >= 15 is 0 Å². The first kappa shape index (κ1) is 18.6. The molecule has 0 aliphatic heterocycles. The highest BCUT2D eigenvalue weighted by atomic mass is 32.2. The molecular formula is C18H22O5S. The Bertz CT molecular complexity index is 718. The molecule has 130 valence electrons. The van der Waals surface area contributed by atoms with Crippen LogP contribution in [0.2, 0.25) is 0 Å². The summed E-state index contributed by atoms with van der Waals surface area (Å²) in [4.78, 5) is 11.9. The third kappa shape index (κ3) is 4.01. The molecule has 0 aliphatic rings. The van der Waals surface area contributed by atoms with Crippen LogP contribution in [-0.4, -0.2) is 46.0 Å². The number of benzene rings is 2. The maximum atomic E-state index is 11.9. The monoisotopic (exact) mass is 350 g/mol. The van der Waals surface area contributed by atoms with E-state index in [4.69, 9.17) is 9.84 Å². The average Bonchev–Trinajstić information content (AvgIpc) is 2.58. The molecule has 0 aliphatic carbocycles. The van der Waals surface area contributed by atoms with Crippen LogP contribution in [0.15, 0.2) is 36.4 Å². The first-order valence-corrected chi connectivity index (χ1v) is 9.17. The third-order valence-electron chi connectivity index (χ3n) is 4.31. The summed E-state index contributed by atoms with van der Waals surface area (Å²) in [6.07, 6.45) is 0.247. The Morgan fingerprint density at radius 1 is 1.21 bits per heavy atom. The maximum Gasteiger partial charge on any atom is 0.314 e. The van der Waals surface area contributed by atoms with E-state index in [1.54, 1.807) is 20.1 Å². The molecule has 0 saturated heterocycles. The number of carboxylic acids is 1. The Hall–Kier alpha value is -1.76. The van der Waals surface area contributed by atoms with Crippen LogP contribution in [0.25, 0.3) is 10.8 Å². The topological polar surface area (TPSA) is 89.8 Å². The van der Waals surface area contributed by atoms with Crippen molar-refractivity contribution in [3.05, 3.63) is 42.0 Å². The van der Waals surface area contributed by atoms with Crippen LogP contribution < -0.4 is 4.74 Å². The quantitative estimate of drug-likeness (QED) is 0.713. The first-order valence-electron chi connectivity index (χ1n) is 7.68. The Morgan fingerprint density at radius 2 is 1.88 bits per heavy atom. The lowest BCUT2D eigenvalue weighted by Crippen LogP contribution is -2.35. The molecule has 6 heteroatoms. The van der Waals surface area contributed by atoms with E-state index in [-0.39, 0.29) is 24.5 Å². The van der Waals surface area contributed by atoms with Crippen molar-refractivity contribution in [2.24, 2.45) is 0 Å². The van der Waals surface area contributed by atoms with Crippen molar-refractivity contribution in [1.82, 2.24) is 0 Å². The molecule has 0 saturated carbocycles. The molecular weight excluding hydrogens is 328 g/mol. The zero-order chi connectivity index (χ0) is 17.7. The minimum absolute atomic E-state index is 0.159. The zero-order valence-corrected chi connectivity index (χ0v) is 14.6. The number of methoxy groups -OCH3 is 1. The lowest BCUT2D eigenvalue weighted by atomic mass is 9.79. The smallest absolute Gasteiger partial charge is 0.314 e. The lowest BCUT2D eigenvalue weighted by molar-refractivity contribution is -0.143. The summed E-state index contributed by atoms with van der Waals surface area (Å²) in [6, 6.07) is 11.2. The van der Waals surface area contributed by atoms with E-state index < -0.39 is 22.6 Å². The van der Waals surface area contributed by atoms with Crippen molar-refractivity contribution in [1.29, 1.82) is 0 Å². The Morgan fingerprint density at radius 3 is 2.50 bits per heavy atom. The van der Waals surface area contributed by atoms with Crippen molar-refractivity contribution < 1.29 is 24.3 Å². The average molecular weight is 350 g/mol. The molecule has 2 aromatic rings. The third-order valence-corrected chi connectivity index (χ3v) is 5.60. The minimum atomic E-state index is -1.22. The fourth-order valence-corrected chi connectivity index (χ4v) is 3.63. The van der Waals surface area contributed by atoms with Gasteiger partial charge in [-0.25, -0.2) is 0 Å². The molecule has 1 unspecified atom stereocenters. The molecule has 2 N–H and O–H groups in total. The lowest BCUT2D eigenvalue weighted by Gasteiger charge is -2.26. The van der Waals surface area contributed by atoms with Gasteiger partial charge in [-0.2, -0.15) is 0 Å². The number of hydrogen-bond donors (Lipinski definition) is 2. The standard InChI is InChI=1S/C18H22O5S/c1-18(17(20)21,7-9-24(22)10-8-19)15-5-3-14-12-16(23-2)6-4-13(14)11-15/h3-6,11-12,19H,7-10H2,1-2H3,(H,20,21)/t18-,24?/m0/s1. The van der Waals surface area contributed by atoms with Gasteiger partial charge in [0.1, 0.15) is 17.3 Å². The van der Waals surface area contributed by atoms with Gasteiger partial charge in [0, 0.05) is 6.42 Å². The largest absolute Gasteiger partial charge is 0.616 e. The van der Waals surface area contributed by atoms with Gasteiger partial charge in [-0.15, -0.1) is 0 Å². The molecule has 0 heterocycles. The number of rotatable bonds is 8. The summed E-state index contributed by atoms with van der Waals surface area (Å²) in [6.45, 7) is 1.49. The van der Waals surface area contributed by atoms with Crippen molar-refractivity contribution in [2.45, 2.75) is 18.8 Å². The van der Waals surface area contributed by atoms with E-state index in [0.717, 1.165) is 16.5 Å². The molecule has 5 nitrogen and oxygen atoms in total. The van der Waals surface area contributed by atoms with Gasteiger partial charge in [-0.3, -0.25) is 4.79 Å². The van der Waals surface area contributed by atoms with Crippen LogP contribution in [-0.2, 0) is 21.4 Å². The molecule has 2 atom stereocenters. The molecule has 0 aromatic heterocycles. The minimum Gasteiger partial charge on any atom is -0.616 e. The Kier molecular flexibility index (Phi) is 6.10. The van der Waals surface area contributed by atoms with E-state index in [1.165, 1.54) is 0 Å². The second-order valence-electron chi connectivity index (χ2n) is 5.89. The Balaban J connectivity index is 2.33. The van der Waals surface area contributed by atoms with Gasteiger partial charge >= 0.3 is 5.97 Å². The maximum absolute atomic E-state index is 11.9. The van der Waals surface area contributed by atoms with Crippen LogP contribution in [0.5, 0.6) is 5.75 Å². The first-order chi connectivity index (χ1) is 11.4. The summed E-state index contributed by atoms with van der Waals surface area (Å²) in [7, 11) is 1.60. The van der Waals surface area contributed by atoms with Crippen molar-refractivity contribution in [2.75, 3.05) is 25.2 Å². The highest BCUT2D eigenvalue weighted by molar-refractivity contribution is 7.91. The molecule has 2 rings (SSSR count). The van der Waals surface area contributed by atoms with Gasteiger partial charge in [0.15, 0.2) is 0 Å². The normalized spacial score (nSPS) is 15.0. The molecule has 0 fully saturated rings. The highest BCUT2D eigenvalue weighted by Gasteiger charge is 2.36. The predicted molar refractivity (Wildman–Crippen MR) is 95.1 cm³/mol. The molecule has 2 aromatic carbocycles. The van der Waals surface area contributed by atoms with Crippen molar-refractivity contribution in [3.8, 4) is 5.75 Å². The number of fused-ring (bicyclic) bond motifs is 1. The van der Waals surface area contributed by atoms with Gasteiger partial charge in [0.2, 0.25) is 0 Å². The zero-order valence-electron chi connectivity index (χ0n) is 13.8. The SMILES string of the molecule is COc1ccc2cc([C@](C)(CC[S+]([O-])CCO)C(=O)O)ccc2c1. The molecule has 0 spiro atoms. The highest BCUT2D eigenvalue weighted by Crippen LogP contribution is 2.32. The van der Waals surface area contributed by atoms with Crippen LogP contribution in [0, 0.1) is 0 Å². The van der Waals surface area contributed by atoms with Crippen LogP contribution in [0.3, 0.4) is 0 Å². The van der Waals surface area contributed by atoms with E-state index in [1.807, 2.05) is 30.3 Å². The summed E-state index contributed by atoms with van der Waals surface area (Å²) in [5.41, 5.74) is -0.451. The second-order valence-corrected chi connectivity index (χ2v) is 7.58. The van der Waals surface area contributed by atoms with Gasteiger partial charge in [0.05, 0.1) is 19.1 Å². The summed E-state index contributed by atoms with van der Waals surface area (Å²) >= 11 is -1.22. The number of aliphatic hydroxyl groups is 1. The fourth-order valence-electron chi connectivity index (χ4n) is 2.59. The van der Waals surface area contributed by atoms with E-state index in [0.29, 0.717) is 5.56 Å². The molecule has 0 radical (unpaired) electrons. The number of carboxylic acid groups (broad SMARTS) is 1. The number of ether oxygens (including phenoxy) is 1. The Labute approximate surface area is 144 Å². The fraction of sp³-hybridized carbons (Fsp3) is 0.389. The van der Waals surface area contributed by atoms with Crippen LogP contribution in [0.1, 0.15) is 18.9 Å². The van der Waals surface area contributed by atoms with Gasteiger partial charge < -0.3 is 19.5 Å². The molecule has 0 bridgehead atoms. The summed E-state index contributed by atoms with van der Waals surface area (Å²) in [5.74, 6) is 0.212. The predicted octanol–water partition coefficient (Wildman–Crippen LogP) is 2.32. The number of carbonyl (C=O) groups is 1. The molecule has 0 amide bonds. The summed E-state index contributed by atoms with van der Waals surface area (Å²) < 4.78 is 17.0. The number of aliphatic hydroxyl groups excluding tert-OH is 1. The van der Waals surface area contributed by atoms with E-state index in [9.17, 15) is 14.5 Å². The molecule has 24 heavy (non-hydrogen) atoms. The number of aliphatic carboxylic acids is 1. The summed E-state index contributed by atoms with van der Waals surface area (Å²) in [5, 5.41) is 20.4. The number of hydrogen-bond acceptors (Lipinski definition) is 4. The van der Waals surface area contributed by atoms with Gasteiger partial charge in [0.25, 0.3) is 0 Å². The van der Waals surface area contributed by atoms with Gasteiger partial charge in [-0.1, -0.05) is 35.4 Å². The second kappa shape index (κ2) is 7.88. The van der Waals surface area contributed by atoms with E-state index in [2.05, 4.69) is 0 Å². The van der Waals surface area contributed by atoms with Crippen molar-refractivity contribution >= 4 is 27.9 Å². The van der Waals surface area contributed by atoms with Crippen LogP contribution >= 0.6 is 0 Å². The van der Waals surface area contributed by atoms with Crippen LogP contribution in [0.4, 0.5) is 0 Å². The van der Waals surface area contributed by atoms with Crippen molar-refractivity contribution in [3.63, 3.8) is 0 Å². The van der Waals surface area contributed by atoms with Gasteiger partial charge in [-0.05, 0) is 35.4 Å².